The van der Waals surface area contributed by atoms with Crippen LogP contribution in [0.1, 0.15) is 49.7 Å². The highest BCUT2D eigenvalue weighted by atomic mass is 16.3. The van der Waals surface area contributed by atoms with E-state index in [2.05, 4.69) is 18.3 Å². The van der Waals surface area contributed by atoms with Crippen molar-refractivity contribution in [3.8, 4) is 5.75 Å². The SMILES string of the molecule is Cc1cc(O)ccc1CNC12CC3CC(CC(C3)C1)C2. The molecule has 20 heavy (non-hydrogen) atoms. The van der Waals surface area contributed by atoms with Crippen molar-refractivity contribution in [1.29, 1.82) is 0 Å². The Morgan fingerprint density at radius 3 is 2.25 bits per heavy atom. The Hall–Kier alpha value is -1.02. The molecule has 0 spiro atoms. The lowest BCUT2D eigenvalue weighted by Gasteiger charge is -2.57. The number of nitrogens with one attached hydrogen (secondary N) is 1. The maximum Gasteiger partial charge on any atom is 0.115 e. The van der Waals surface area contributed by atoms with E-state index in [0.717, 1.165) is 24.3 Å². The molecule has 4 fully saturated rings. The van der Waals surface area contributed by atoms with Crippen molar-refractivity contribution in [3.05, 3.63) is 29.3 Å². The van der Waals surface area contributed by atoms with Crippen LogP contribution in [-0.4, -0.2) is 10.6 Å². The molecule has 1 aromatic carbocycles. The van der Waals surface area contributed by atoms with Gasteiger partial charge in [-0.25, -0.2) is 0 Å². The zero-order valence-corrected chi connectivity index (χ0v) is 12.4. The molecule has 0 unspecified atom stereocenters. The van der Waals surface area contributed by atoms with Gasteiger partial charge < -0.3 is 10.4 Å². The Morgan fingerprint density at radius 1 is 1.10 bits per heavy atom. The molecule has 0 aliphatic heterocycles. The lowest BCUT2D eigenvalue weighted by molar-refractivity contribution is -0.0206. The molecule has 0 atom stereocenters. The zero-order chi connectivity index (χ0) is 13.7. The third-order valence-electron chi connectivity index (χ3n) is 6.02. The van der Waals surface area contributed by atoms with Gasteiger partial charge >= 0.3 is 0 Å². The van der Waals surface area contributed by atoms with Crippen LogP contribution < -0.4 is 5.32 Å². The van der Waals surface area contributed by atoms with Gasteiger partial charge in [0, 0.05) is 12.1 Å². The molecule has 0 heterocycles. The largest absolute Gasteiger partial charge is 0.508 e. The van der Waals surface area contributed by atoms with Crippen molar-refractivity contribution in [3.63, 3.8) is 0 Å². The molecule has 2 N–H and O–H groups in total. The molecule has 2 heteroatoms. The van der Waals surface area contributed by atoms with E-state index in [1.54, 1.807) is 0 Å². The highest BCUT2D eigenvalue weighted by Crippen LogP contribution is 2.55. The summed E-state index contributed by atoms with van der Waals surface area (Å²) in [6.07, 6.45) is 8.69. The van der Waals surface area contributed by atoms with Gasteiger partial charge in [-0.05, 0) is 86.5 Å². The van der Waals surface area contributed by atoms with E-state index in [1.807, 2.05) is 12.1 Å². The van der Waals surface area contributed by atoms with Crippen LogP contribution >= 0.6 is 0 Å². The maximum absolute atomic E-state index is 9.52. The van der Waals surface area contributed by atoms with Crippen molar-refractivity contribution in [2.75, 3.05) is 0 Å². The van der Waals surface area contributed by atoms with Crippen LogP contribution in [0.2, 0.25) is 0 Å². The molecule has 0 saturated heterocycles. The number of hydrogen-bond donors (Lipinski definition) is 2. The number of aryl methyl sites for hydroxylation is 1. The van der Waals surface area contributed by atoms with E-state index >= 15 is 0 Å². The Morgan fingerprint density at radius 2 is 1.70 bits per heavy atom. The number of aromatic hydroxyl groups is 1. The molecule has 4 aliphatic carbocycles. The fourth-order valence-corrected chi connectivity index (χ4v) is 5.49. The minimum Gasteiger partial charge on any atom is -0.508 e. The Bertz CT molecular complexity index is 487. The van der Waals surface area contributed by atoms with E-state index in [9.17, 15) is 5.11 Å². The van der Waals surface area contributed by atoms with Crippen LogP contribution in [0, 0.1) is 24.7 Å². The molecule has 4 aliphatic rings. The van der Waals surface area contributed by atoms with E-state index in [1.165, 1.54) is 49.7 Å². The normalized spacial score (nSPS) is 38.4. The molecule has 0 radical (unpaired) electrons. The maximum atomic E-state index is 9.52. The smallest absolute Gasteiger partial charge is 0.115 e. The van der Waals surface area contributed by atoms with Gasteiger partial charge in [-0.15, -0.1) is 0 Å². The second-order valence-electron chi connectivity index (χ2n) is 7.66. The average Bonchev–Trinajstić information content (AvgIpc) is 2.36. The van der Waals surface area contributed by atoms with Gasteiger partial charge in [-0.2, -0.15) is 0 Å². The summed E-state index contributed by atoms with van der Waals surface area (Å²) >= 11 is 0. The Kier molecular flexibility index (Phi) is 2.85. The summed E-state index contributed by atoms with van der Waals surface area (Å²) in [5.74, 6) is 3.36. The van der Waals surface area contributed by atoms with E-state index in [4.69, 9.17) is 0 Å². The number of hydrogen-bond acceptors (Lipinski definition) is 2. The minimum atomic E-state index is 0.376. The Labute approximate surface area is 121 Å². The van der Waals surface area contributed by atoms with Gasteiger partial charge in [0.2, 0.25) is 0 Å². The summed E-state index contributed by atoms with van der Waals surface area (Å²) in [5, 5.41) is 13.4. The number of phenols is 1. The zero-order valence-electron chi connectivity index (χ0n) is 12.4. The third-order valence-corrected chi connectivity index (χ3v) is 6.02. The molecule has 2 nitrogen and oxygen atoms in total. The summed E-state index contributed by atoms with van der Waals surface area (Å²) in [6, 6.07) is 5.75. The lowest BCUT2D eigenvalue weighted by Crippen LogP contribution is -2.58. The van der Waals surface area contributed by atoms with Crippen molar-refractivity contribution >= 4 is 0 Å². The van der Waals surface area contributed by atoms with E-state index in [0.29, 0.717) is 11.3 Å². The molecule has 4 saturated carbocycles. The number of rotatable bonds is 3. The lowest BCUT2D eigenvalue weighted by atomic mass is 9.53. The van der Waals surface area contributed by atoms with Crippen LogP contribution in [0.5, 0.6) is 5.75 Å². The van der Waals surface area contributed by atoms with Gasteiger partial charge in [0.1, 0.15) is 5.75 Å². The Balaban J connectivity index is 1.49. The van der Waals surface area contributed by atoms with Gasteiger partial charge in [0.05, 0.1) is 0 Å². The monoisotopic (exact) mass is 271 g/mol. The van der Waals surface area contributed by atoms with Crippen LogP contribution in [0.25, 0.3) is 0 Å². The predicted octanol–water partition coefficient (Wildman–Crippen LogP) is 3.76. The first-order valence-electron chi connectivity index (χ1n) is 8.15. The fraction of sp³-hybridized carbons (Fsp3) is 0.667. The van der Waals surface area contributed by atoms with Crippen molar-refractivity contribution in [2.24, 2.45) is 17.8 Å². The molecule has 0 aromatic heterocycles. The van der Waals surface area contributed by atoms with Crippen LogP contribution in [0.3, 0.4) is 0 Å². The minimum absolute atomic E-state index is 0.376. The first-order chi connectivity index (χ1) is 9.62. The molecule has 1 aromatic rings. The summed E-state index contributed by atoms with van der Waals surface area (Å²) in [6.45, 7) is 3.05. The summed E-state index contributed by atoms with van der Waals surface area (Å²) in [4.78, 5) is 0. The fourth-order valence-electron chi connectivity index (χ4n) is 5.49. The predicted molar refractivity (Wildman–Crippen MR) is 80.6 cm³/mol. The quantitative estimate of drug-likeness (QED) is 0.877. The van der Waals surface area contributed by atoms with Gasteiger partial charge in [0.15, 0.2) is 0 Å². The van der Waals surface area contributed by atoms with Crippen LogP contribution in [0.15, 0.2) is 18.2 Å². The van der Waals surface area contributed by atoms with E-state index in [-0.39, 0.29) is 0 Å². The van der Waals surface area contributed by atoms with Gasteiger partial charge in [-0.3, -0.25) is 0 Å². The molecular formula is C18H25NO. The van der Waals surface area contributed by atoms with Crippen molar-refractivity contribution in [1.82, 2.24) is 5.32 Å². The van der Waals surface area contributed by atoms with Crippen LogP contribution in [0.4, 0.5) is 0 Å². The number of phenolic OH excluding ortho intramolecular Hbond substituents is 1. The summed E-state index contributed by atoms with van der Waals surface area (Å²) < 4.78 is 0. The number of benzene rings is 1. The topological polar surface area (TPSA) is 32.3 Å². The van der Waals surface area contributed by atoms with Crippen LogP contribution in [-0.2, 0) is 6.54 Å². The third kappa shape index (κ3) is 2.14. The second kappa shape index (κ2) is 4.49. The van der Waals surface area contributed by atoms with Gasteiger partial charge in [-0.1, -0.05) is 6.07 Å². The van der Waals surface area contributed by atoms with E-state index < -0.39 is 0 Å². The van der Waals surface area contributed by atoms with Crippen molar-refractivity contribution < 1.29 is 5.11 Å². The molecule has 108 valence electrons. The molecule has 5 rings (SSSR count). The first-order valence-corrected chi connectivity index (χ1v) is 8.15. The summed E-state index contributed by atoms with van der Waals surface area (Å²) in [7, 11) is 0. The highest BCUT2D eigenvalue weighted by molar-refractivity contribution is 5.34. The van der Waals surface area contributed by atoms with Crippen molar-refractivity contribution in [2.45, 2.75) is 57.5 Å². The first kappa shape index (κ1) is 12.7. The molecule has 0 amide bonds. The van der Waals surface area contributed by atoms with Gasteiger partial charge in [0.25, 0.3) is 0 Å². The highest BCUT2D eigenvalue weighted by Gasteiger charge is 2.50. The average molecular weight is 271 g/mol. The standard InChI is InChI=1S/C18H25NO/c1-12-4-17(20)3-2-16(12)11-19-18-8-13-5-14(9-18)7-15(6-13)10-18/h2-4,13-15,19-20H,5-11H2,1H3. The molecular weight excluding hydrogens is 246 g/mol. The summed E-state index contributed by atoms with van der Waals surface area (Å²) in [5.41, 5.74) is 2.96. The second-order valence-corrected chi connectivity index (χ2v) is 7.66. The molecule has 4 bridgehead atoms.